The van der Waals surface area contributed by atoms with Crippen molar-refractivity contribution in [3.05, 3.63) is 75.8 Å². The second kappa shape index (κ2) is 7.61. The number of hydrogen-bond donors (Lipinski definition) is 1. The minimum Gasteiger partial charge on any atom is -0.504 e. The molecule has 6 nitrogen and oxygen atoms in total. The van der Waals surface area contributed by atoms with Crippen molar-refractivity contribution in [1.29, 1.82) is 0 Å². The average molecular weight is 390 g/mol. The summed E-state index contributed by atoms with van der Waals surface area (Å²) in [5.41, 5.74) is 3.88. The molecule has 1 N–H and O–H groups in total. The van der Waals surface area contributed by atoms with Crippen LogP contribution in [-0.4, -0.2) is 50.0 Å². The van der Waals surface area contributed by atoms with Crippen LogP contribution in [0.1, 0.15) is 29.7 Å². The van der Waals surface area contributed by atoms with E-state index in [2.05, 4.69) is 39.0 Å². The first-order valence-corrected chi connectivity index (χ1v) is 10.4. The fourth-order valence-corrected chi connectivity index (χ4v) is 4.74. The molecule has 0 bridgehead atoms. The first-order chi connectivity index (χ1) is 14.2. The van der Waals surface area contributed by atoms with Gasteiger partial charge in [-0.15, -0.1) is 0 Å². The van der Waals surface area contributed by atoms with Crippen molar-refractivity contribution in [2.75, 3.05) is 19.6 Å². The van der Waals surface area contributed by atoms with Gasteiger partial charge in [0.15, 0.2) is 11.4 Å². The van der Waals surface area contributed by atoms with Crippen molar-refractivity contribution in [3.63, 3.8) is 0 Å². The highest BCUT2D eigenvalue weighted by Gasteiger charge is 2.27. The largest absolute Gasteiger partial charge is 0.504 e. The molecular weight excluding hydrogens is 364 g/mol. The number of benzene rings is 1. The zero-order chi connectivity index (χ0) is 19.8. The average Bonchev–Trinajstić information content (AvgIpc) is 2.75. The van der Waals surface area contributed by atoms with Crippen LogP contribution in [0.5, 0.6) is 5.75 Å². The number of hydrogen-bond acceptors (Lipinski definition) is 5. The number of pyridine rings is 1. The van der Waals surface area contributed by atoms with Gasteiger partial charge in [0.25, 0.3) is 5.56 Å². The maximum atomic E-state index is 12.3. The first-order valence-electron chi connectivity index (χ1n) is 10.4. The Hall–Kier alpha value is -2.70. The summed E-state index contributed by atoms with van der Waals surface area (Å²) in [6.07, 6.45) is 5.06. The van der Waals surface area contributed by atoms with E-state index in [1.165, 1.54) is 15.5 Å². The Labute approximate surface area is 170 Å². The topological polar surface area (TPSA) is 61.1 Å². The van der Waals surface area contributed by atoms with Crippen molar-refractivity contribution in [1.82, 2.24) is 19.2 Å². The van der Waals surface area contributed by atoms with E-state index < -0.39 is 0 Å². The molecule has 2 aliphatic heterocycles. The summed E-state index contributed by atoms with van der Waals surface area (Å²) >= 11 is 0. The first kappa shape index (κ1) is 18.3. The molecule has 1 fully saturated rings. The number of fused-ring (bicyclic) bond motifs is 2. The van der Waals surface area contributed by atoms with Crippen LogP contribution in [-0.2, 0) is 19.5 Å². The maximum absolute atomic E-state index is 12.3. The second-order valence-corrected chi connectivity index (χ2v) is 8.17. The highest BCUT2D eigenvalue weighted by molar-refractivity contribution is 5.52. The van der Waals surface area contributed by atoms with Crippen molar-refractivity contribution in [2.24, 2.45) is 0 Å². The van der Waals surface area contributed by atoms with Crippen LogP contribution < -0.4 is 5.56 Å². The summed E-state index contributed by atoms with van der Waals surface area (Å²) in [6.45, 7) is 4.86. The highest BCUT2D eigenvalue weighted by atomic mass is 16.3. The lowest BCUT2D eigenvalue weighted by Gasteiger charge is -2.40. The number of nitrogens with zero attached hydrogens (tertiary/aromatic N) is 4. The van der Waals surface area contributed by atoms with Gasteiger partial charge in [0.1, 0.15) is 0 Å². The standard InChI is InChI=1S/C23H26N4O2/c28-21-6-3-10-27-22(29)14-19(24-23(21)27)16-25-11-8-20(9-12-25)26-13-7-17-4-1-2-5-18(17)15-26/h1-6,10,14,20,28H,7-9,11-13,15-16H2. The molecule has 0 amide bonds. The lowest BCUT2D eigenvalue weighted by molar-refractivity contribution is 0.0943. The van der Waals surface area contributed by atoms with E-state index in [0.29, 0.717) is 18.2 Å². The fourth-order valence-electron chi connectivity index (χ4n) is 4.74. The van der Waals surface area contributed by atoms with E-state index in [1.54, 1.807) is 24.4 Å². The summed E-state index contributed by atoms with van der Waals surface area (Å²) in [7, 11) is 0. The summed E-state index contributed by atoms with van der Waals surface area (Å²) in [5, 5.41) is 10.0. The Morgan fingerprint density at radius 3 is 2.66 bits per heavy atom. The van der Waals surface area contributed by atoms with E-state index in [9.17, 15) is 9.90 Å². The van der Waals surface area contributed by atoms with Gasteiger partial charge in [-0.2, -0.15) is 0 Å². The van der Waals surface area contributed by atoms with Gasteiger partial charge in [0.2, 0.25) is 0 Å². The third-order valence-corrected chi connectivity index (χ3v) is 6.34. The van der Waals surface area contributed by atoms with Crippen LogP contribution in [0.2, 0.25) is 0 Å². The summed E-state index contributed by atoms with van der Waals surface area (Å²) in [4.78, 5) is 21.9. The van der Waals surface area contributed by atoms with E-state index in [-0.39, 0.29) is 11.3 Å². The van der Waals surface area contributed by atoms with Crippen molar-refractivity contribution >= 4 is 5.65 Å². The van der Waals surface area contributed by atoms with Crippen LogP contribution in [0.4, 0.5) is 0 Å². The smallest absolute Gasteiger partial charge is 0.258 e. The molecule has 150 valence electrons. The molecule has 6 heteroatoms. The van der Waals surface area contributed by atoms with Crippen LogP contribution in [0.15, 0.2) is 53.5 Å². The normalized spacial score (nSPS) is 18.8. The number of likely N-dealkylation sites (tertiary alicyclic amines) is 1. The summed E-state index contributed by atoms with van der Waals surface area (Å²) in [6, 6.07) is 14.2. The molecule has 1 saturated heterocycles. The zero-order valence-corrected chi connectivity index (χ0v) is 16.5. The Morgan fingerprint density at radius 1 is 1.03 bits per heavy atom. The zero-order valence-electron chi connectivity index (χ0n) is 16.5. The number of aromatic hydroxyl groups is 1. The van der Waals surface area contributed by atoms with Gasteiger partial charge in [-0.3, -0.25) is 19.0 Å². The van der Waals surface area contributed by atoms with Gasteiger partial charge in [0, 0.05) is 51.0 Å². The van der Waals surface area contributed by atoms with Crippen LogP contribution in [0.3, 0.4) is 0 Å². The molecule has 0 aliphatic carbocycles. The molecule has 0 spiro atoms. The van der Waals surface area contributed by atoms with Gasteiger partial charge in [-0.25, -0.2) is 4.98 Å². The molecule has 2 aliphatic rings. The van der Waals surface area contributed by atoms with Crippen LogP contribution >= 0.6 is 0 Å². The van der Waals surface area contributed by atoms with Crippen molar-refractivity contribution in [3.8, 4) is 5.75 Å². The Bertz CT molecular complexity index is 1090. The minimum absolute atomic E-state index is 0.0375. The number of aromatic nitrogens is 2. The number of rotatable bonds is 3. The third kappa shape index (κ3) is 3.66. The summed E-state index contributed by atoms with van der Waals surface area (Å²) in [5.74, 6) is 0.0375. The highest BCUT2D eigenvalue weighted by Crippen LogP contribution is 2.25. The molecule has 29 heavy (non-hydrogen) atoms. The predicted molar refractivity (Wildman–Crippen MR) is 112 cm³/mol. The van der Waals surface area contributed by atoms with Crippen LogP contribution in [0.25, 0.3) is 5.65 Å². The molecular formula is C23H26N4O2. The fraction of sp³-hybridized carbons (Fsp3) is 0.391. The molecule has 2 aromatic heterocycles. The molecule has 4 heterocycles. The lowest BCUT2D eigenvalue weighted by atomic mass is 9.95. The third-order valence-electron chi connectivity index (χ3n) is 6.34. The Kier molecular flexibility index (Phi) is 4.81. The molecule has 0 unspecified atom stereocenters. The van der Waals surface area contributed by atoms with E-state index in [4.69, 9.17) is 0 Å². The Balaban J connectivity index is 1.23. The van der Waals surface area contributed by atoms with Gasteiger partial charge < -0.3 is 5.11 Å². The molecule has 5 rings (SSSR count). The second-order valence-electron chi connectivity index (χ2n) is 8.17. The monoisotopic (exact) mass is 390 g/mol. The minimum atomic E-state index is -0.150. The molecule has 0 radical (unpaired) electrons. The van der Waals surface area contributed by atoms with E-state index >= 15 is 0 Å². The van der Waals surface area contributed by atoms with Gasteiger partial charge >= 0.3 is 0 Å². The maximum Gasteiger partial charge on any atom is 0.258 e. The quantitative estimate of drug-likeness (QED) is 0.744. The van der Waals surface area contributed by atoms with Crippen LogP contribution in [0, 0.1) is 0 Å². The SMILES string of the molecule is O=c1cc(CN2CCC(N3CCc4ccccc4C3)CC2)nc2c(O)cccn12. The number of piperidine rings is 1. The molecule has 1 aromatic carbocycles. The van der Waals surface area contributed by atoms with Crippen molar-refractivity contribution < 1.29 is 5.11 Å². The van der Waals surface area contributed by atoms with E-state index in [1.807, 2.05) is 0 Å². The van der Waals surface area contributed by atoms with Gasteiger partial charge in [0.05, 0.1) is 5.69 Å². The lowest BCUT2D eigenvalue weighted by Crippen LogP contribution is -2.46. The van der Waals surface area contributed by atoms with Crippen molar-refractivity contribution in [2.45, 2.75) is 38.4 Å². The van der Waals surface area contributed by atoms with E-state index in [0.717, 1.165) is 51.1 Å². The molecule has 0 atom stereocenters. The van der Waals surface area contributed by atoms with Gasteiger partial charge in [-0.05, 0) is 42.5 Å². The molecule has 3 aromatic rings. The van der Waals surface area contributed by atoms with Gasteiger partial charge in [-0.1, -0.05) is 24.3 Å². The Morgan fingerprint density at radius 2 is 1.83 bits per heavy atom. The molecule has 0 saturated carbocycles. The summed E-state index contributed by atoms with van der Waals surface area (Å²) < 4.78 is 1.39. The predicted octanol–water partition coefficient (Wildman–Crippen LogP) is 2.42.